The van der Waals surface area contributed by atoms with Crippen LogP contribution >= 0.6 is 34.7 Å². The molecular formula is C38H37ClN4O3S2. The molecule has 246 valence electrons. The van der Waals surface area contributed by atoms with E-state index in [1.165, 1.54) is 28.0 Å². The first-order chi connectivity index (χ1) is 22.9. The Morgan fingerprint density at radius 1 is 1.02 bits per heavy atom. The molecule has 0 radical (unpaired) electrons. The lowest BCUT2D eigenvalue weighted by molar-refractivity contribution is -0.115. The fourth-order valence-corrected chi connectivity index (χ4v) is 7.96. The van der Waals surface area contributed by atoms with Crippen molar-refractivity contribution in [2.75, 3.05) is 10.6 Å². The Morgan fingerprint density at radius 3 is 2.48 bits per heavy atom. The number of hydrogen-bond donors (Lipinski definition) is 3. The first-order valence-corrected chi connectivity index (χ1v) is 17.8. The first kappa shape index (κ1) is 35.0. The zero-order valence-corrected chi connectivity index (χ0v) is 29.6. The van der Waals surface area contributed by atoms with E-state index < -0.39 is 17.1 Å². The number of thioether (sulfide) groups is 1. The Morgan fingerprint density at radius 2 is 1.77 bits per heavy atom. The molecule has 4 aromatic rings. The van der Waals surface area contributed by atoms with Crippen LogP contribution in [0.1, 0.15) is 66.0 Å². The molecular weight excluding hydrogens is 660 g/mol. The smallest absolute Gasteiger partial charge is 0.272 e. The summed E-state index contributed by atoms with van der Waals surface area (Å²) in [6.45, 7) is 8.57. The van der Waals surface area contributed by atoms with Gasteiger partial charge >= 0.3 is 0 Å². The van der Waals surface area contributed by atoms with Gasteiger partial charge < -0.3 is 16.0 Å². The zero-order chi connectivity index (χ0) is 34.4. The minimum absolute atomic E-state index is 0.0395. The first-order valence-electron chi connectivity index (χ1n) is 15.7. The Hall–Kier alpha value is -4.36. The van der Waals surface area contributed by atoms with E-state index in [1.54, 1.807) is 72.8 Å². The van der Waals surface area contributed by atoms with Crippen LogP contribution in [0.25, 0.3) is 6.08 Å². The van der Waals surface area contributed by atoms with E-state index in [1.807, 2.05) is 19.1 Å². The van der Waals surface area contributed by atoms with E-state index in [0.29, 0.717) is 38.3 Å². The highest BCUT2D eigenvalue weighted by molar-refractivity contribution is 8.00. The summed E-state index contributed by atoms with van der Waals surface area (Å²) in [4.78, 5) is 41.8. The summed E-state index contributed by atoms with van der Waals surface area (Å²) in [5.41, 5.74) is 3.43. The second-order valence-corrected chi connectivity index (χ2v) is 15.7. The van der Waals surface area contributed by atoms with Gasteiger partial charge in [-0.25, -0.2) is 0 Å². The Kier molecular flexibility index (Phi) is 11.1. The predicted octanol–water partition coefficient (Wildman–Crippen LogP) is 8.95. The zero-order valence-electron chi connectivity index (χ0n) is 27.2. The fourth-order valence-electron chi connectivity index (χ4n) is 5.55. The second kappa shape index (κ2) is 15.2. The average Bonchev–Trinajstić information content (AvgIpc) is 3.40. The third-order valence-electron chi connectivity index (χ3n) is 8.30. The number of nitriles is 1. The quantitative estimate of drug-likeness (QED) is 0.120. The van der Waals surface area contributed by atoms with E-state index >= 15 is 0 Å². The number of nitrogens with zero attached hydrogens (tertiary/aromatic N) is 1. The fraction of sp³-hybridized carbons (Fsp3) is 0.263. The molecule has 1 heterocycles. The molecule has 48 heavy (non-hydrogen) atoms. The average molecular weight is 697 g/mol. The van der Waals surface area contributed by atoms with Gasteiger partial charge in [0.1, 0.15) is 16.8 Å². The molecule has 5 rings (SSSR count). The minimum atomic E-state index is -0.522. The molecule has 3 amide bonds. The van der Waals surface area contributed by atoms with Crippen molar-refractivity contribution in [3.63, 3.8) is 0 Å². The van der Waals surface area contributed by atoms with Crippen LogP contribution in [-0.4, -0.2) is 23.0 Å². The maximum atomic E-state index is 13.5. The largest absolute Gasteiger partial charge is 0.321 e. The van der Waals surface area contributed by atoms with Crippen LogP contribution in [0.2, 0.25) is 5.02 Å². The lowest BCUT2D eigenvalue weighted by Gasteiger charge is -2.33. The molecule has 0 spiro atoms. The van der Waals surface area contributed by atoms with Crippen molar-refractivity contribution in [1.29, 1.82) is 5.26 Å². The van der Waals surface area contributed by atoms with E-state index in [4.69, 9.17) is 11.6 Å². The van der Waals surface area contributed by atoms with E-state index in [0.717, 1.165) is 29.7 Å². The molecule has 0 fully saturated rings. The van der Waals surface area contributed by atoms with Gasteiger partial charge in [0.05, 0.1) is 10.8 Å². The maximum Gasteiger partial charge on any atom is 0.272 e. The second-order valence-electron chi connectivity index (χ2n) is 12.8. The standard InChI is InChI=1S/C38H37ClN4O3S2/c1-23(34(44)43-37-31(22-40)30-17-16-26(38(2,3)4)20-33(30)48-37)47-29-15-9-14-28(21-29)41-36(46)32(19-24-10-8-13-27(39)18-24)42-35(45)25-11-6-5-7-12-25/h5-15,18-19,21,23,26H,16-17,20H2,1-4H3,(H,41,46)(H,42,45)(H,43,44)/b32-19-. The lowest BCUT2D eigenvalue weighted by atomic mass is 9.72. The third kappa shape index (κ3) is 8.75. The number of thiophene rings is 1. The number of anilines is 2. The molecule has 1 aliphatic carbocycles. The van der Waals surface area contributed by atoms with Crippen molar-refractivity contribution >= 4 is 69.2 Å². The summed E-state index contributed by atoms with van der Waals surface area (Å²) in [6, 6.07) is 25.1. The monoisotopic (exact) mass is 696 g/mol. The molecule has 7 nitrogen and oxygen atoms in total. The van der Waals surface area contributed by atoms with E-state index in [9.17, 15) is 19.6 Å². The Balaban J connectivity index is 1.27. The summed E-state index contributed by atoms with van der Waals surface area (Å²) in [6.07, 6.45) is 4.37. The Labute approximate surface area is 294 Å². The number of halogens is 1. The molecule has 2 atom stereocenters. The SMILES string of the molecule is CC(Sc1cccc(NC(=O)/C(=C/c2cccc(Cl)c2)NC(=O)c2ccccc2)c1)C(=O)Nc1sc2c(c1C#N)CCC(C(C)(C)C)C2. The molecule has 0 bridgehead atoms. The number of amides is 3. The van der Waals surface area contributed by atoms with Gasteiger partial charge in [0.25, 0.3) is 11.8 Å². The van der Waals surface area contributed by atoms with E-state index in [2.05, 4.69) is 42.8 Å². The molecule has 2 unspecified atom stereocenters. The molecule has 0 saturated heterocycles. The van der Waals surface area contributed by atoms with Crippen molar-refractivity contribution < 1.29 is 14.4 Å². The van der Waals surface area contributed by atoms with Crippen LogP contribution in [0.5, 0.6) is 0 Å². The topological polar surface area (TPSA) is 111 Å². The van der Waals surface area contributed by atoms with Crippen molar-refractivity contribution in [3.05, 3.63) is 117 Å². The molecule has 1 aliphatic rings. The van der Waals surface area contributed by atoms with Gasteiger partial charge in [-0.05, 0) is 97.2 Å². The number of hydrogen-bond acceptors (Lipinski definition) is 6. The molecule has 3 aromatic carbocycles. The van der Waals surface area contributed by atoms with Crippen LogP contribution in [0.4, 0.5) is 10.7 Å². The number of benzene rings is 3. The van der Waals surface area contributed by atoms with Crippen LogP contribution < -0.4 is 16.0 Å². The van der Waals surface area contributed by atoms with E-state index in [-0.39, 0.29) is 17.0 Å². The van der Waals surface area contributed by atoms with Gasteiger partial charge in [-0.1, -0.05) is 68.8 Å². The van der Waals surface area contributed by atoms with Gasteiger partial charge in [-0.3, -0.25) is 14.4 Å². The highest BCUT2D eigenvalue weighted by atomic mass is 35.5. The summed E-state index contributed by atoms with van der Waals surface area (Å²) in [7, 11) is 0. The molecule has 10 heteroatoms. The molecule has 0 aliphatic heterocycles. The highest BCUT2D eigenvalue weighted by Gasteiger charge is 2.32. The van der Waals surface area contributed by atoms with Crippen LogP contribution in [0, 0.1) is 22.7 Å². The lowest BCUT2D eigenvalue weighted by Crippen LogP contribution is -2.30. The number of carbonyl (C=O) groups is 3. The van der Waals surface area contributed by atoms with Gasteiger partial charge in [0, 0.05) is 26.0 Å². The summed E-state index contributed by atoms with van der Waals surface area (Å²) in [5, 5.41) is 19.2. The van der Waals surface area contributed by atoms with Crippen LogP contribution in [-0.2, 0) is 22.4 Å². The van der Waals surface area contributed by atoms with Crippen molar-refractivity contribution in [2.24, 2.45) is 11.3 Å². The minimum Gasteiger partial charge on any atom is -0.321 e. The maximum absolute atomic E-state index is 13.5. The third-order valence-corrected chi connectivity index (χ3v) is 10.8. The van der Waals surface area contributed by atoms with Gasteiger partial charge in [0.15, 0.2) is 0 Å². The van der Waals surface area contributed by atoms with Gasteiger partial charge in [0.2, 0.25) is 5.91 Å². The number of nitrogens with one attached hydrogen (secondary N) is 3. The number of fused-ring (bicyclic) bond motifs is 1. The van der Waals surface area contributed by atoms with Crippen molar-refractivity contribution in [2.45, 2.75) is 57.1 Å². The summed E-state index contributed by atoms with van der Waals surface area (Å²) >= 11 is 9.03. The number of rotatable bonds is 9. The highest BCUT2D eigenvalue weighted by Crippen LogP contribution is 2.44. The van der Waals surface area contributed by atoms with Crippen LogP contribution in [0.3, 0.4) is 0 Å². The van der Waals surface area contributed by atoms with Gasteiger partial charge in [-0.2, -0.15) is 5.26 Å². The molecule has 1 aromatic heterocycles. The predicted molar refractivity (Wildman–Crippen MR) is 196 cm³/mol. The summed E-state index contributed by atoms with van der Waals surface area (Å²) < 4.78 is 0. The molecule has 0 saturated carbocycles. The number of carbonyl (C=O) groups excluding carboxylic acids is 3. The van der Waals surface area contributed by atoms with Crippen molar-refractivity contribution in [3.8, 4) is 6.07 Å². The molecule has 3 N–H and O–H groups in total. The normalized spacial score (nSPS) is 15.1. The van der Waals surface area contributed by atoms with Crippen LogP contribution in [0.15, 0.2) is 89.5 Å². The van der Waals surface area contributed by atoms with Gasteiger partial charge in [-0.15, -0.1) is 23.1 Å². The summed E-state index contributed by atoms with van der Waals surface area (Å²) in [5.74, 6) is -0.619. The van der Waals surface area contributed by atoms with Crippen molar-refractivity contribution in [1.82, 2.24) is 5.32 Å². The Bertz CT molecular complexity index is 1910.